The van der Waals surface area contributed by atoms with Gasteiger partial charge >= 0.3 is 0 Å². The van der Waals surface area contributed by atoms with Crippen LogP contribution < -0.4 is 15.8 Å². The fourth-order valence-corrected chi connectivity index (χ4v) is 1.35. The Morgan fingerprint density at radius 3 is 2.57 bits per heavy atom. The average Bonchev–Trinajstić information content (AvgIpc) is 2.07. The smallest absolute Gasteiger partial charge is 0.233 e. The number of sulfonamides is 1. The van der Waals surface area contributed by atoms with Crippen LogP contribution in [0.1, 0.15) is 13.3 Å². The van der Waals surface area contributed by atoms with Crippen molar-refractivity contribution >= 4 is 15.9 Å². The second kappa shape index (κ2) is 6.74. The largest absolute Gasteiger partial charge is 0.355 e. The summed E-state index contributed by atoms with van der Waals surface area (Å²) in [5.74, 6) is -0.240. The lowest BCUT2D eigenvalue weighted by molar-refractivity contribution is -0.120. The number of hydrogen-bond acceptors (Lipinski definition) is 4. The molecule has 0 aromatic rings. The Hall–Kier alpha value is -0.660. The Balaban J connectivity index is 3.41. The van der Waals surface area contributed by atoms with Gasteiger partial charge in [0.05, 0.1) is 12.3 Å². The second-order valence-corrected chi connectivity index (χ2v) is 4.58. The molecule has 0 aromatic carbocycles. The highest BCUT2D eigenvalue weighted by Crippen LogP contribution is 1.83. The van der Waals surface area contributed by atoms with Gasteiger partial charge in [0, 0.05) is 6.54 Å². The van der Waals surface area contributed by atoms with Crippen molar-refractivity contribution in [3.63, 3.8) is 0 Å². The molecule has 0 aliphatic rings. The molecule has 0 aliphatic carbocycles. The summed E-state index contributed by atoms with van der Waals surface area (Å²) in [6, 6.07) is 0. The number of nitrogens with one attached hydrogen (secondary N) is 2. The molecule has 0 saturated carbocycles. The quantitative estimate of drug-likeness (QED) is 0.452. The maximum absolute atomic E-state index is 11.0. The fraction of sp³-hybridized carbons (Fsp3) is 0.857. The van der Waals surface area contributed by atoms with Crippen LogP contribution in [-0.2, 0) is 14.8 Å². The molecule has 0 atom stereocenters. The lowest BCUT2D eigenvalue weighted by Crippen LogP contribution is -2.35. The number of hydrogen-bond donors (Lipinski definition) is 3. The summed E-state index contributed by atoms with van der Waals surface area (Å²) in [7, 11) is -3.41. The van der Waals surface area contributed by atoms with E-state index in [2.05, 4.69) is 10.6 Å². The first-order chi connectivity index (χ1) is 6.45. The third-order valence-corrected chi connectivity index (χ3v) is 2.32. The minimum Gasteiger partial charge on any atom is -0.355 e. The Morgan fingerprint density at radius 2 is 2.07 bits per heavy atom. The van der Waals surface area contributed by atoms with Crippen LogP contribution in [-0.4, -0.2) is 39.7 Å². The van der Waals surface area contributed by atoms with Crippen LogP contribution in [0, 0.1) is 0 Å². The predicted molar refractivity (Wildman–Crippen MR) is 54.1 cm³/mol. The second-order valence-electron chi connectivity index (χ2n) is 2.85. The van der Waals surface area contributed by atoms with Crippen molar-refractivity contribution in [2.45, 2.75) is 13.3 Å². The van der Waals surface area contributed by atoms with Crippen molar-refractivity contribution in [3.05, 3.63) is 0 Å². The van der Waals surface area contributed by atoms with Gasteiger partial charge in [-0.25, -0.2) is 13.6 Å². The highest BCUT2D eigenvalue weighted by molar-refractivity contribution is 7.89. The summed E-state index contributed by atoms with van der Waals surface area (Å²) >= 11 is 0. The summed E-state index contributed by atoms with van der Waals surface area (Å²) in [6.07, 6.45) is 0.344. The van der Waals surface area contributed by atoms with Gasteiger partial charge in [-0.1, -0.05) is 6.92 Å². The van der Waals surface area contributed by atoms with Crippen LogP contribution in [0.4, 0.5) is 0 Å². The van der Waals surface area contributed by atoms with E-state index in [0.29, 0.717) is 13.0 Å². The van der Waals surface area contributed by atoms with E-state index in [1.807, 2.05) is 6.92 Å². The van der Waals surface area contributed by atoms with E-state index in [1.54, 1.807) is 0 Å². The van der Waals surface area contributed by atoms with Crippen LogP contribution in [0.3, 0.4) is 0 Å². The third-order valence-electron chi connectivity index (χ3n) is 1.46. The molecule has 0 heterocycles. The number of rotatable bonds is 7. The normalized spacial score (nSPS) is 11.3. The molecule has 6 nitrogen and oxygen atoms in total. The summed E-state index contributed by atoms with van der Waals surface area (Å²) < 4.78 is 21.0. The number of carbonyl (C=O) groups is 1. The molecule has 0 radical (unpaired) electrons. The minimum absolute atomic E-state index is 0.103. The van der Waals surface area contributed by atoms with Gasteiger partial charge in [-0.3, -0.25) is 4.79 Å². The number of primary sulfonamides is 1. The van der Waals surface area contributed by atoms with E-state index < -0.39 is 10.0 Å². The average molecular weight is 223 g/mol. The van der Waals surface area contributed by atoms with Crippen LogP contribution in [0.25, 0.3) is 0 Å². The van der Waals surface area contributed by atoms with E-state index in [4.69, 9.17) is 5.14 Å². The monoisotopic (exact) mass is 223 g/mol. The molecule has 0 bridgehead atoms. The van der Waals surface area contributed by atoms with Gasteiger partial charge in [0.25, 0.3) is 0 Å². The number of amides is 1. The molecule has 0 aromatic heterocycles. The molecule has 0 saturated heterocycles. The molecule has 1 amide bonds. The first-order valence-corrected chi connectivity index (χ1v) is 6.15. The molecular formula is C7H17N3O3S. The Kier molecular flexibility index (Phi) is 6.43. The van der Waals surface area contributed by atoms with E-state index >= 15 is 0 Å². The molecule has 0 spiro atoms. The molecule has 0 fully saturated rings. The van der Waals surface area contributed by atoms with Crippen LogP contribution in [0.5, 0.6) is 0 Å². The molecule has 0 aliphatic heterocycles. The van der Waals surface area contributed by atoms with Crippen molar-refractivity contribution in [2.24, 2.45) is 5.14 Å². The molecule has 0 unspecified atom stereocenters. The first kappa shape index (κ1) is 13.3. The van der Waals surface area contributed by atoms with Crippen molar-refractivity contribution in [1.29, 1.82) is 0 Å². The summed E-state index contributed by atoms with van der Waals surface area (Å²) in [6.45, 7) is 3.21. The SMILES string of the molecule is CCNCC(=O)NCCCS(N)(=O)=O. The summed E-state index contributed by atoms with van der Waals surface area (Å²) in [4.78, 5) is 11.0. The predicted octanol–water partition coefficient (Wildman–Crippen LogP) is -1.61. The molecule has 4 N–H and O–H groups in total. The van der Waals surface area contributed by atoms with Gasteiger partial charge in [0.15, 0.2) is 0 Å². The van der Waals surface area contributed by atoms with E-state index in [0.717, 1.165) is 6.54 Å². The van der Waals surface area contributed by atoms with Gasteiger partial charge in [-0.15, -0.1) is 0 Å². The highest BCUT2D eigenvalue weighted by Gasteiger charge is 2.03. The fourth-order valence-electron chi connectivity index (χ4n) is 0.802. The van der Waals surface area contributed by atoms with Gasteiger partial charge in [-0.2, -0.15) is 0 Å². The standard InChI is InChI=1S/C7H17N3O3S/c1-2-9-6-7(11)10-4-3-5-14(8,12)13/h9H,2-6H2,1H3,(H,10,11)(H2,8,12,13). The van der Waals surface area contributed by atoms with Gasteiger partial charge < -0.3 is 10.6 Å². The first-order valence-electron chi connectivity index (χ1n) is 4.43. The summed E-state index contributed by atoms with van der Waals surface area (Å²) in [5, 5.41) is 10.2. The topological polar surface area (TPSA) is 101 Å². The molecule has 84 valence electrons. The maximum Gasteiger partial charge on any atom is 0.233 e. The zero-order valence-electron chi connectivity index (χ0n) is 8.25. The van der Waals surface area contributed by atoms with Crippen LogP contribution >= 0.6 is 0 Å². The Morgan fingerprint density at radius 1 is 1.43 bits per heavy atom. The Bertz CT molecular complexity index is 263. The van der Waals surface area contributed by atoms with Crippen LogP contribution in [0.15, 0.2) is 0 Å². The number of carbonyl (C=O) groups excluding carboxylic acids is 1. The van der Waals surface area contributed by atoms with Gasteiger partial charge in [0.2, 0.25) is 15.9 Å². The van der Waals surface area contributed by atoms with Gasteiger partial charge in [-0.05, 0) is 13.0 Å². The van der Waals surface area contributed by atoms with Crippen molar-refractivity contribution in [2.75, 3.05) is 25.4 Å². The van der Waals surface area contributed by atoms with Gasteiger partial charge in [0.1, 0.15) is 0 Å². The van der Waals surface area contributed by atoms with Crippen molar-refractivity contribution in [1.82, 2.24) is 10.6 Å². The molecule has 0 rings (SSSR count). The number of likely N-dealkylation sites (N-methyl/N-ethyl adjacent to an activating group) is 1. The third kappa shape index (κ3) is 9.43. The van der Waals surface area contributed by atoms with E-state index in [-0.39, 0.29) is 18.2 Å². The number of nitrogens with two attached hydrogens (primary N) is 1. The lowest BCUT2D eigenvalue weighted by Gasteiger charge is -2.04. The van der Waals surface area contributed by atoms with Crippen molar-refractivity contribution in [3.8, 4) is 0 Å². The van der Waals surface area contributed by atoms with E-state index in [9.17, 15) is 13.2 Å². The maximum atomic E-state index is 11.0. The lowest BCUT2D eigenvalue weighted by atomic mass is 10.4. The molecule has 7 heteroatoms. The van der Waals surface area contributed by atoms with Crippen molar-refractivity contribution < 1.29 is 13.2 Å². The van der Waals surface area contributed by atoms with Crippen LogP contribution in [0.2, 0.25) is 0 Å². The van der Waals surface area contributed by atoms with E-state index in [1.165, 1.54) is 0 Å². The zero-order chi connectivity index (χ0) is 11.0. The minimum atomic E-state index is -3.41. The zero-order valence-corrected chi connectivity index (χ0v) is 9.06. The summed E-state index contributed by atoms with van der Waals surface area (Å²) in [5.41, 5.74) is 0. The molecule has 14 heavy (non-hydrogen) atoms. The highest BCUT2D eigenvalue weighted by atomic mass is 32.2. The molecular weight excluding hydrogens is 206 g/mol. The Labute approximate surface area is 84.3 Å².